The Morgan fingerprint density at radius 3 is 2.65 bits per heavy atom. The highest BCUT2D eigenvalue weighted by Crippen LogP contribution is 2.66. The van der Waals surface area contributed by atoms with Crippen LogP contribution >= 0.6 is 0 Å². The fourth-order valence-corrected chi connectivity index (χ4v) is 7.14. The Balaban J connectivity index is 1.67. The van der Waals surface area contributed by atoms with Crippen LogP contribution in [0.5, 0.6) is 0 Å². The Labute approximate surface area is 140 Å². The second-order valence-electron chi connectivity index (χ2n) is 9.26. The van der Waals surface area contributed by atoms with Gasteiger partial charge >= 0.3 is 0 Å². The molecule has 4 rings (SSSR count). The molecular formula is C21H30O2. The number of fused-ring (bicyclic) bond motifs is 5. The van der Waals surface area contributed by atoms with Crippen molar-refractivity contribution in [1.29, 1.82) is 0 Å². The molecule has 3 unspecified atom stereocenters. The third kappa shape index (κ3) is 2.06. The average molecular weight is 314 g/mol. The predicted octanol–water partition coefficient (Wildman–Crippen LogP) is 4.72. The summed E-state index contributed by atoms with van der Waals surface area (Å²) in [5, 5.41) is 0. The highest BCUT2D eigenvalue weighted by molar-refractivity contribution is 5.82. The fourth-order valence-electron chi connectivity index (χ4n) is 7.14. The molecule has 4 aliphatic carbocycles. The first-order chi connectivity index (χ1) is 10.9. The van der Waals surface area contributed by atoms with E-state index >= 15 is 0 Å². The summed E-state index contributed by atoms with van der Waals surface area (Å²) in [7, 11) is 0. The standard InChI is InChI=1S/C21H30O2/c1-13(22)17-6-7-18-16-5-4-14-12-15(23)8-10-20(14,2)19(16)9-11-21(17,18)3/h4,16-19H,5-12H2,1-3H3/t16?,17-,18?,19?,20+,21-/m1/s1. The van der Waals surface area contributed by atoms with Crippen LogP contribution in [-0.2, 0) is 9.59 Å². The maximum Gasteiger partial charge on any atom is 0.136 e. The Morgan fingerprint density at radius 2 is 1.91 bits per heavy atom. The van der Waals surface area contributed by atoms with Gasteiger partial charge in [0, 0.05) is 18.8 Å². The largest absolute Gasteiger partial charge is 0.300 e. The molecule has 0 amide bonds. The van der Waals surface area contributed by atoms with Gasteiger partial charge in [0.15, 0.2) is 0 Å². The van der Waals surface area contributed by atoms with Crippen molar-refractivity contribution in [2.75, 3.05) is 0 Å². The molecule has 6 atom stereocenters. The lowest BCUT2D eigenvalue weighted by atomic mass is 9.47. The summed E-state index contributed by atoms with van der Waals surface area (Å²) in [6, 6.07) is 0. The van der Waals surface area contributed by atoms with Crippen molar-refractivity contribution in [2.24, 2.45) is 34.5 Å². The number of ketones is 2. The summed E-state index contributed by atoms with van der Waals surface area (Å²) in [5.41, 5.74) is 1.94. The normalized spacial score (nSPS) is 49.0. The van der Waals surface area contributed by atoms with Crippen LogP contribution in [0.25, 0.3) is 0 Å². The van der Waals surface area contributed by atoms with Crippen LogP contribution in [-0.4, -0.2) is 11.6 Å². The molecular weight excluding hydrogens is 284 g/mol. The zero-order valence-electron chi connectivity index (χ0n) is 14.9. The molecule has 0 aromatic carbocycles. The third-order valence-corrected chi connectivity index (χ3v) is 8.43. The molecule has 0 aliphatic heterocycles. The Bertz CT molecular complexity index is 589. The van der Waals surface area contributed by atoms with E-state index in [1.807, 2.05) is 0 Å². The molecule has 0 heterocycles. The molecule has 2 heteroatoms. The topological polar surface area (TPSA) is 34.1 Å². The Kier molecular flexibility index (Phi) is 3.42. The minimum atomic E-state index is 0.235. The van der Waals surface area contributed by atoms with Crippen molar-refractivity contribution >= 4 is 11.6 Å². The predicted molar refractivity (Wildman–Crippen MR) is 90.9 cm³/mol. The molecule has 4 aliphatic rings. The van der Waals surface area contributed by atoms with Gasteiger partial charge in [-0.05, 0) is 74.0 Å². The van der Waals surface area contributed by atoms with Crippen LogP contribution in [0.3, 0.4) is 0 Å². The van der Waals surface area contributed by atoms with Crippen LogP contribution in [0, 0.1) is 34.5 Å². The maximum absolute atomic E-state index is 12.1. The van der Waals surface area contributed by atoms with Gasteiger partial charge in [0.05, 0.1) is 0 Å². The van der Waals surface area contributed by atoms with Gasteiger partial charge in [0.2, 0.25) is 0 Å². The van der Waals surface area contributed by atoms with E-state index in [2.05, 4.69) is 19.9 Å². The molecule has 0 saturated heterocycles. The zero-order chi connectivity index (χ0) is 16.4. The average Bonchev–Trinajstić information content (AvgIpc) is 2.85. The lowest BCUT2D eigenvalue weighted by Crippen LogP contribution is -2.50. The number of hydrogen-bond acceptors (Lipinski definition) is 2. The molecule has 0 N–H and O–H groups in total. The van der Waals surface area contributed by atoms with Crippen molar-refractivity contribution in [2.45, 2.75) is 72.1 Å². The van der Waals surface area contributed by atoms with Crippen LogP contribution in [0.4, 0.5) is 0 Å². The molecule has 0 spiro atoms. The number of Topliss-reactive ketones (excluding diaryl/α,β-unsaturated/α-hetero) is 2. The summed E-state index contributed by atoms with van der Waals surface area (Å²) in [5.74, 6) is 3.32. The van der Waals surface area contributed by atoms with Crippen LogP contribution in [0.2, 0.25) is 0 Å². The second-order valence-corrected chi connectivity index (χ2v) is 9.26. The van der Waals surface area contributed by atoms with Crippen molar-refractivity contribution in [3.8, 4) is 0 Å². The monoisotopic (exact) mass is 314 g/mol. The van der Waals surface area contributed by atoms with Gasteiger partial charge < -0.3 is 0 Å². The van der Waals surface area contributed by atoms with Crippen LogP contribution < -0.4 is 0 Å². The van der Waals surface area contributed by atoms with Crippen LogP contribution in [0.15, 0.2) is 11.6 Å². The molecule has 0 radical (unpaired) electrons. The highest BCUT2D eigenvalue weighted by Gasteiger charge is 2.59. The lowest BCUT2D eigenvalue weighted by molar-refractivity contribution is -0.129. The van der Waals surface area contributed by atoms with E-state index < -0.39 is 0 Å². The van der Waals surface area contributed by atoms with Gasteiger partial charge in [0.25, 0.3) is 0 Å². The van der Waals surface area contributed by atoms with Gasteiger partial charge in [-0.15, -0.1) is 0 Å². The first-order valence-corrected chi connectivity index (χ1v) is 9.58. The Morgan fingerprint density at radius 1 is 1.13 bits per heavy atom. The smallest absolute Gasteiger partial charge is 0.136 e. The lowest BCUT2D eigenvalue weighted by Gasteiger charge is -2.57. The minimum Gasteiger partial charge on any atom is -0.300 e. The van der Waals surface area contributed by atoms with E-state index in [0.29, 0.717) is 29.8 Å². The molecule has 0 bridgehead atoms. The van der Waals surface area contributed by atoms with E-state index in [1.165, 1.54) is 24.8 Å². The number of carbonyl (C=O) groups is 2. The molecule has 0 aromatic rings. The van der Waals surface area contributed by atoms with Gasteiger partial charge in [-0.3, -0.25) is 9.59 Å². The zero-order valence-corrected chi connectivity index (χ0v) is 14.9. The number of hydrogen-bond donors (Lipinski definition) is 0. The van der Waals surface area contributed by atoms with E-state index in [-0.39, 0.29) is 10.8 Å². The molecule has 3 saturated carbocycles. The van der Waals surface area contributed by atoms with Gasteiger partial charge in [0.1, 0.15) is 11.6 Å². The summed E-state index contributed by atoms with van der Waals surface area (Å²) in [4.78, 5) is 24.0. The van der Waals surface area contributed by atoms with E-state index in [0.717, 1.165) is 37.5 Å². The number of rotatable bonds is 1. The third-order valence-electron chi connectivity index (χ3n) is 8.43. The van der Waals surface area contributed by atoms with Gasteiger partial charge in [-0.2, -0.15) is 0 Å². The molecule has 0 aromatic heterocycles. The number of carbonyl (C=O) groups excluding carboxylic acids is 2. The summed E-state index contributed by atoms with van der Waals surface area (Å²) in [6.07, 6.45) is 10.9. The fraction of sp³-hybridized carbons (Fsp3) is 0.810. The summed E-state index contributed by atoms with van der Waals surface area (Å²) in [6.45, 7) is 6.64. The van der Waals surface area contributed by atoms with E-state index in [1.54, 1.807) is 6.92 Å². The summed E-state index contributed by atoms with van der Waals surface area (Å²) < 4.78 is 0. The van der Waals surface area contributed by atoms with E-state index in [4.69, 9.17) is 0 Å². The van der Waals surface area contributed by atoms with Crippen LogP contribution in [0.1, 0.15) is 72.1 Å². The first kappa shape index (κ1) is 15.6. The highest BCUT2D eigenvalue weighted by atomic mass is 16.1. The van der Waals surface area contributed by atoms with Gasteiger partial charge in [-0.25, -0.2) is 0 Å². The molecule has 23 heavy (non-hydrogen) atoms. The van der Waals surface area contributed by atoms with Crippen molar-refractivity contribution < 1.29 is 9.59 Å². The minimum absolute atomic E-state index is 0.235. The second kappa shape index (κ2) is 5.04. The first-order valence-electron chi connectivity index (χ1n) is 9.58. The Hall–Kier alpha value is -0.920. The molecule has 3 fully saturated rings. The van der Waals surface area contributed by atoms with Crippen molar-refractivity contribution in [3.63, 3.8) is 0 Å². The van der Waals surface area contributed by atoms with Crippen molar-refractivity contribution in [3.05, 3.63) is 11.6 Å². The SMILES string of the molecule is CC(=O)[C@H]1CCC2C3CC=C4CC(=O)CC[C@]4(C)C3CC[C@@]21C. The molecule has 126 valence electrons. The van der Waals surface area contributed by atoms with Gasteiger partial charge in [-0.1, -0.05) is 25.5 Å². The van der Waals surface area contributed by atoms with E-state index in [9.17, 15) is 9.59 Å². The van der Waals surface area contributed by atoms with Crippen molar-refractivity contribution in [1.82, 2.24) is 0 Å². The summed E-state index contributed by atoms with van der Waals surface area (Å²) >= 11 is 0. The number of allylic oxidation sites excluding steroid dienone is 2. The molecule has 2 nitrogen and oxygen atoms in total. The quantitative estimate of drug-likeness (QED) is 0.656. The maximum atomic E-state index is 12.1.